The summed E-state index contributed by atoms with van der Waals surface area (Å²) in [6.07, 6.45) is 7.18. The minimum Gasteiger partial charge on any atom is -0.385 e. The van der Waals surface area contributed by atoms with E-state index in [0.29, 0.717) is 18.4 Å². The van der Waals surface area contributed by atoms with Crippen molar-refractivity contribution in [3.05, 3.63) is 29.8 Å². The van der Waals surface area contributed by atoms with Crippen LogP contribution in [0.2, 0.25) is 0 Å². The molecular weight excluding hydrogens is 217 g/mol. The van der Waals surface area contributed by atoms with Gasteiger partial charge in [-0.2, -0.15) is 0 Å². The molecule has 94 valence electrons. The van der Waals surface area contributed by atoms with Gasteiger partial charge >= 0.3 is 0 Å². The fourth-order valence-corrected chi connectivity index (χ4v) is 2.61. The molecule has 1 heterocycles. The van der Waals surface area contributed by atoms with Gasteiger partial charge in [0.25, 0.3) is 0 Å². The molecule has 3 heteroatoms. The quantitative estimate of drug-likeness (QED) is 0.759. The van der Waals surface area contributed by atoms with E-state index in [1.807, 2.05) is 0 Å². The number of pyridine rings is 1. The zero-order valence-electron chi connectivity index (χ0n) is 10.5. The van der Waals surface area contributed by atoms with E-state index in [0.717, 1.165) is 19.3 Å². The van der Waals surface area contributed by atoms with E-state index in [2.05, 4.69) is 18.8 Å². The van der Waals surface area contributed by atoms with Crippen LogP contribution in [0.25, 0.3) is 0 Å². The summed E-state index contributed by atoms with van der Waals surface area (Å²) in [7, 11) is 0. The molecule has 1 saturated carbocycles. The van der Waals surface area contributed by atoms with Crippen molar-refractivity contribution in [1.82, 2.24) is 4.98 Å². The van der Waals surface area contributed by atoms with Crippen molar-refractivity contribution >= 4 is 0 Å². The topological polar surface area (TPSA) is 33.1 Å². The lowest BCUT2D eigenvalue weighted by Gasteiger charge is -2.28. The minimum absolute atomic E-state index is 0.269. The van der Waals surface area contributed by atoms with Crippen LogP contribution in [-0.4, -0.2) is 10.1 Å². The molecule has 2 rings (SSSR count). The Bertz CT molecular complexity index is 405. The summed E-state index contributed by atoms with van der Waals surface area (Å²) in [6.45, 7) is 4.45. The zero-order valence-corrected chi connectivity index (χ0v) is 10.5. The molecule has 0 spiro atoms. The summed E-state index contributed by atoms with van der Waals surface area (Å²) in [4.78, 5) is 3.84. The van der Waals surface area contributed by atoms with Crippen LogP contribution < -0.4 is 0 Å². The first kappa shape index (κ1) is 12.5. The highest BCUT2D eigenvalue weighted by Crippen LogP contribution is 2.42. The Hall–Kier alpha value is -0.960. The summed E-state index contributed by atoms with van der Waals surface area (Å²) in [5, 5.41) is 10.7. The highest BCUT2D eigenvalue weighted by atomic mass is 19.1. The maximum absolute atomic E-state index is 13.2. The molecule has 17 heavy (non-hydrogen) atoms. The van der Waals surface area contributed by atoms with Crippen LogP contribution in [0.4, 0.5) is 4.39 Å². The number of aromatic nitrogens is 1. The zero-order chi connectivity index (χ0) is 12.5. The van der Waals surface area contributed by atoms with E-state index < -0.39 is 5.60 Å². The van der Waals surface area contributed by atoms with Crippen molar-refractivity contribution in [2.24, 2.45) is 5.41 Å². The molecule has 1 aromatic heterocycles. The number of hydrogen-bond donors (Lipinski definition) is 1. The van der Waals surface area contributed by atoms with Gasteiger partial charge in [-0.3, -0.25) is 4.98 Å². The van der Waals surface area contributed by atoms with Crippen molar-refractivity contribution in [2.45, 2.75) is 51.6 Å². The Morgan fingerprint density at radius 3 is 2.65 bits per heavy atom. The predicted molar refractivity (Wildman–Crippen MR) is 65.0 cm³/mol. The molecule has 0 bridgehead atoms. The number of rotatable bonds is 1. The van der Waals surface area contributed by atoms with Gasteiger partial charge in [0.2, 0.25) is 0 Å². The monoisotopic (exact) mass is 237 g/mol. The van der Waals surface area contributed by atoms with Crippen LogP contribution in [0.5, 0.6) is 0 Å². The molecule has 0 aliphatic heterocycles. The van der Waals surface area contributed by atoms with Gasteiger partial charge in [0.05, 0.1) is 11.8 Å². The van der Waals surface area contributed by atoms with Gasteiger partial charge in [0.15, 0.2) is 0 Å². The summed E-state index contributed by atoms with van der Waals surface area (Å²) in [5.74, 6) is -0.376. The van der Waals surface area contributed by atoms with Gasteiger partial charge in [-0.05, 0) is 43.6 Å². The molecule has 1 atom stereocenters. The van der Waals surface area contributed by atoms with Crippen LogP contribution in [-0.2, 0) is 5.60 Å². The van der Waals surface area contributed by atoms with E-state index in [1.54, 1.807) is 6.20 Å². The van der Waals surface area contributed by atoms with E-state index in [1.165, 1.54) is 12.3 Å². The third kappa shape index (κ3) is 2.83. The lowest BCUT2D eigenvalue weighted by molar-refractivity contribution is 0.0174. The highest BCUT2D eigenvalue weighted by Gasteiger charge is 2.35. The van der Waals surface area contributed by atoms with Gasteiger partial charge in [-0.25, -0.2) is 4.39 Å². The Morgan fingerprint density at radius 2 is 1.94 bits per heavy atom. The number of nitrogens with zero attached hydrogens (tertiary/aromatic N) is 1. The first-order valence-electron chi connectivity index (χ1n) is 6.25. The lowest BCUT2D eigenvalue weighted by Crippen LogP contribution is -2.25. The standard InChI is InChI=1S/C14H20FNO/c1-13(2)4-3-5-14(17,7-6-13)11-8-12(15)10-16-9-11/h8-10,17H,3-7H2,1-2H3. The molecule has 0 radical (unpaired) electrons. The second-order valence-electron chi connectivity index (χ2n) is 5.94. The molecule has 1 fully saturated rings. The van der Waals surface area contributed by atoms with Gasteiger partial charge < -0.3 is 5.11 Å². The van der Waals surface area contributed by atoms with Gasteiger partial charge in [-0.1, -0.05) is 13.8 Å². The summed E-state index contributed by atoms with van der Waals surface area (Å²) in [5.41, 5.74) is -0.0103. The van der Waals surface area contributed by atoms with E-state index >= 15 is 0 Å². The average molecular weight is 237 g/mol. The molecule has 0 amide bonds. The molecule has 1 aliphatic carbocycles. The molecule has 1 aromatic rings. The number of aliphatic hydroxyl groups is 1. The van der Waals surface area contributed by atoms with E-state index in [9.17, 15) is 9.50 Å². The molecule has 1 N–H and O–H groups in total. The molecule has 1 aliphatic rings. The van der Waals surface area contributed by atoms with E-state index in [4.69, 9.17) is 0 Å². The Labute approximate surface area is 102 Å². The molecular formula is C14H20FNO. The number of halogens is 1. The largest absolute Gasteiger partial charge is 0.385 e. The van der Waals surface area contributed by atoms with Crippen LogP contribution >= 0.6 is 0 Å². The Morgan fingerprint density at radius 1 is 1.18 bits per heavy atom. The summed E-state index contributed by atoms with van der Waals surface area (Å²) >= 11 is 0. The third-order valence-corrected chi connectivity index (χ3v) is 3.90. The molecule has 0 aromatic carbocycles. The van der Waals surface area contributed by atoms with Crippen molar-refractivity contribution < 1.29 is 9.50 Å². The average Bonchev–Trinajstić information content (AvgIpc) is 2.39. The smallest absolute Gasteiger partial charge is 0.141 e. The second-order valence-corrected chi connectivity index (χ2v) is 5.94. The summed E-state index contributed by atoms with van der Waals surface area (Å²) in [6, 6.07) is 1.41. The molecule has 1 unspecified atom stereocenters. The van der Waals surface area contributed by atoms with Crippen LogP contribution in [0, 0.1) is 11.2 Å². The van der Waals surface area contributed by atoms with Crippen LogP contribution in [0.15, 0.2) is 18.5 Å². The fourth-order valence-electron chi connectivity index (χ4n) is 2.61. The van der Waals surface area contributed by atoms with Crippen LogP contribution in [0.1, 0.15) is 51.5 Å². The summed E-state index contributed by atoms with van der Waals surface area (Å²) < 4.78 is 13.2. The van der Waals surface area contributed by atoms with Crippen LogP contribution in [0.3, 0.4) is 0 Å². The van der Waals surface area contributed by atoms with E-state index in [-0.39, 0.29) is 11.2 Å². The highest BCUT2D eigenvalue weighted by molar-refractivity contribution is 5.19. The Balaban J connectivity index is 2.24. The van der Waals surface area contributed by atoms with Gasteiger partial charge in [-0.15, -0.1) is 0 Å². The lowest BCUT2D eigenvalue weighted by atomic mass is 9.83. The Kier molecular flexibility index (Phi) is 3.21. The first-order chi connectivity index (χ1) is 7.91. The van der Waals surface area contributed by atoms with Crippen molar-refractivity contribution in [1.29, 1.82) is 0 Å². The second kappa shape index (κ2) is 4.37. The normalized spacial score (nSPS) is 28.7. The number of hydrogen-bond acceptors (Lipinski definition) is 2. The molecule has 2 nitrogen and oxygen atoms in total. The SMILES string of the molecule is CC1(C)CCCC(O)(c2cncc(F)c2)CC1. The van der Waals surface area contributed by atoms with Crippen molar-refractivity contribution in [2.75, 3.05) is 0 Å². The first-order valence-corrected chi connectivity index (χ1v) is 6.25. The van der Waals surface area contributed by atoms with Gasteiger partial charge in [0.1, 0.15) is 5.82 Å². The maximum Gasteiger partial charge on any atom is 0.141 e. The fraction of sp³-hybridized carbons (Fsp3) is 0.643. The third-order valence-electron chi connectivity index (χ3n) is 3.90. The van der Waals surface area contributed by atoms with Crippen molar-refractivity contribution in [3.8, 4) is 0 Å². The maximum atomic E-state index is 13.2. The van der Waals surface area contributed by atoms with Crippen molar-refractivity contribution in [3.63, 3.8) is 0 Å². The minimum atomic E-state index is -0.900. The van der Waals surface area contributed by atoms with Gasteiger partial charge in [0, 0.05) is 11.8 Å². The predicted octanol–water partition coefficient (Wildman–Crippen LogP) is 3.40. The molecule has 0 saturated heterocycles.